The lowest BCUT2D eigenvalue weighted by Crippen LogP contribution is -2.70. The Morgan fingerprint density at radius 1 is 1.40 bits per heavy atom. The third-order valence-corrected chi connectivity index (χ3v) is 6.14. The number of hydrogen-bond acceptors (Lipinski definition) is 5. The molecule has 1 aromatic carbocycles. The highest BCUT2D eigenvalue weighted by Gasteiger charge is 2.54. The fraction of sp³-hybridized carbons (Fsp3) is 0.235. The van der Waals surface area contributed by atoms with Gasteiger partial charge in [-0.25, -0.2) is 4.79 Å². The topological polar surface area (TPSA) is 86.7 Å². The minimum atomic E-state index is -1.14. The van der Waals surface area contributed by atoms with Gasteiger partial charge in [0.15, 0.2) is 0 Å². The molecule has 1 aromatic rings. The number of nitrogens with one attached hydrogen (secondary N) is 1. The molecule has 1 unspecified atom stereocenters. The van der Waals surface area contributed by atoms with Crippen LogP contribution >= 0.6 is 23.5 Å². The van der Waals surface area contributed by atoms with E-state index in [9.17, 15) is 19.5 Å². The average Bonchev–Trinajstić information content (AvgIpc) is 2.60. The van der Waals surface area contributed by atoms with Crippen LogP contribution in [0, 0.1) is 0 Å². The Bertz CT molecular complexity index is 763. The number of β-lactam (4-membered cyclic amide) rings is 1. The first-order valence-corrected chi connectivity index (χ1v) is 9.47. The first-order valence-electron chi connectivity index (χ1n) is 7.55. The first kappa shape index (κ1) is 17.6. The lowest BCUT2D eigenvalue weighted by Gasteiger charge is -2.49. The molecule has 25 heavy (non-hydrogen) atoms. The van der Waals surface area contributed by atoms with Gasteiger partial charge in [-0.2, -0.15) is 0 Å². The second-order valence-electron chi connectivity index (χ2n) is 5.48. The van der Waals surface area contributed by atoms with Crippen molar-refractivity contribution in [3.63, 3.8) is 0 Å². The largest absolute Gasteiger partial charge is 0.477 e. The highest BCUT2D eigenvalue weighted by molar-refractivity contribution is 8.08. The Morgan fingerprint density at radius 2 is 2.12 bits per heavy atom. The van der Waals surface area contributed by atoms with Gasteiger partial charge in [-0.3, -0.25) is 14.5 Å². The summed E-state index contributed by atoms with van der Waals surface area (Å²) in [4.78, 5) is 38.0. The molecule has 2 atom stereocenters. The van der Waals surface area contributed by atoms with Crippen molar-refractivity contribution in [2.75, 3.05) is 5.75 Å². The molecule has 0 bridgehead atoms. The van der Waals surface area contributed by atoms with Gasteiger partial charge in [-0.05, 0) is 11.0 Å². The number of nitrogens with zero attached hydrogens (tertiary/aromatic N) is 1. The number of amides is 2. The van der Waals surface area contributed by atoms with Crippen LogP contribution < -0.4 is 5.32 Å². The number of benzene rings is 1. The number of carbonyl (C=O) groups excluding carboxylic acids is 2. The van der Waals surface area contributed by atoms with Gasteiger partial charge in [0.2, 0.25) is 5.91 Å². The quantitative estimate of drug-likeness (QED) is 0.737. The summed E-state index contributed by atoms with van der Waals surface area (Å²) in [5.74, 6) is -1.31. The van der Waals surface area contributed by atoms with Crippen LogP contribution in [0.15, 0.2) is 52.9 Å². The molecule has 3 rings (SSSR count). The van der Waals surface area contributed by atoms with Crippen LogP contribution in [0.4, 0.5) is 0 Å². The molecule has 8 heteroatoms. The molecule has 6 nitrogen and oxygen atoms in total. The lowest BCUT2D eigenvalue weighted by atomic mass is 10.0. The molecule has 0 aromatic heterocycles. The third-order valence-electron chi connectivity index (χ3n) is 3.89. The SMILES string of the molecule is C=CSC1=C(C(=O)O)N2C(=O)C(NC(=O)Cc3ccccc3)[C@@H]2SC1. The Kier molecular flexibility index (Phi) is 5.19. The highest BCUT2D eigenvalue weighted by atomic mass is 32.2. The predicted molar refractivity (Wildman–Crippen MR) is 97.6 cm³/mol. The van der Waals surface area contributed by atoms with E-state index >= 15 is 0 Å². The molecule has 1 saturated heterocycles. The molecule has 0 spiro atoms. The van der Waals surface area contributed by atoms with Gasteiger partial charge in [-0.1, -0.05) is 48.7 Å². The maximum absolute atomic E-state index is 12.4. The molecule has 1 fully saturated rings. The number of carboxylic acid groups (broad SMARTS) is 1. The Hall–Kier alpha value is -2.19. The Labute approximate surface area is 153 Å². The van der Waals surface area contributed by atoms with Crippen LogP contribution in [0.1, 0.15) is 5.56 Å². The van der Waals surface area contributed by atoms with Gasteiger partial charge in [0.25, 0.3) is 5.91 Å². The number of aliphatic carboxylic acids is 1. The van der Waals surface area contributed by atoms with E-state index in [1.54, 1.807) is 5.41 Å². The van der Waals surface area contributed by atoms with Crippen molar-refractivity contribution < 1.29 is 19.5 Å². The Morgan fingerprint density at radius 3 is 2.76 bits per heavy atom. The van der Waals surface area contributed by atoms with Crippen molar-refractivity contribution in [3.05, 3.63) is 58.5 Å². The van der Waals surface area contributed by atoms with Crippen LogP contribution in [0.5, 0.6) is 0 Å². The molecule has 2 N–H and O–H groups in total. The van der Waals surface area contributed by atoms with Crippen molar-refractivity contribution in [1.29, 1.82) is 0 Å². The molecule has 2 amide bonds. The minimum absolute atomic E-state index is 0.00721. The maximum atomic E-state index is 12.4. The van der Waals surface area contributed by atoms with E-state index in [4.69, 9.17) is 0 Å². The summed E-state index contributed by atoms with van der Waals surface area (Å²) in [6.45, 7) is 3.59. The van der Waals surface area contributed by atoms with E-state index in [0.717, 1.165) is 5.56 Å². The van der Waals surface area contributed by atoms with Crippen LogP contribution in [-0.4, -0.2) is 45.0 Å². The summed E-state index contributed by atoms with van der Waals surface area (Å²) in [5.41, 5.74) is 0.850. The number of carboxylic acids is 1. The monoisotopic (exact) mass is 376 g/mol. The summed E-state index contributed by atoms with van der Waals surface area (Å²) in [6, 6.07) is 8.55. The van der Waals surface area contributed by atoms with Gasteiger partial charge in [0.05, 0.1) is 6.42 Å². The number of hydrogen-bond donors (Lipinski definition) is 2. The van der Waals surface area contributed by atoms with E-state index in [-0.39, 0.29) is 23.4 Å². The number of thioether (sulfide) groups is 2. The molecular formula is C17H16N2O4S2. The fourth-order valence-corrected chi connectivity index (χ4v) is 4.96. The van der Waals surface area contributed by atoms with E-state index in [0.29, 0.717) is 10.7 Å². The zero-order chi connectivity index (χ0) is 18.0. The molecule has 2 heterocycles. The summed E-state index contributed by atoms with van der Waals surface area (Å²) in [6.07, 6.45) is 0.182. The number of carbonyl (C=O) groups is 3. The second kappa shape index (κ2) is 7.37. The molecule has 0 radical (unpaired) electrons. The second-order valence-corrected chi connectivity index (χ2v) is 7.65. The fourth-order valence-electron chi connectivity index (χ4n) is 2.79. The van der Waals surface area contributed by atoms with Crippen molar-refractivity contribution in [1.82, 2.24) is 10.2 Å². The molecular weight excluding hydrogens is 360 g/mol. The maximum Gasteiger partial charge on any atom is 0.353 e. The van der Waals surface area contributed by atoms with Crippen LogP contribution in [0.25, 0.3) is 0 Å². The van der Waals surface area contributed by atoms with Gasteiger partial charge in [0, 0.05) is 10.7 Å². The highest BCUT2D eigenvalue weighted by Crippen LogP contribution is 2.43. The lowest BCUT2D eigenvalue weighted by molar-refractivity contribution is -0.150. The normalized spacial score (nSPS) is 22.1. The predicted octanol–water partition coefficient (Wildman–Crippen LogP) is 1.80. The van der Waals surface area contributed by atoms with E-state index in [1.807, 2.05) is 30.3 Å². The van der Waals surface area contributed by atoms with Crippen LogP contribution in [-0.2, 0) is 20.8 Å². The Balaban J connectivity index is 1.70. The van der Waals surface area contributed by atoms with Gasteiger partial charge >= 0.3 is 5.97 Å². The van der Waals surface area contributed by atoms with Crippen LogP contribution in [0.2, 0.25) is 0 Å². The van der Waals surface area contributed by atoms with Gasteiger partial charge in [-0.15, -0.1) is 11.8 Å². The summed E-state index contributed by atoms with van der Waals surface area (Å²) in [5, 5.41) is 13.3. The molecule has 0 aliphatic carbocycles. The molecule has 2 aliphatic heterocycles. The summed E-state index contributed by atoms with van der Waals surface area (Å²) >= 11 is 2.65. The summed E-state index contributed by atoms with van der Waals surface area (Å²) in [7, 11) is 0. The molecule has 0 saturated carbocycles. The zero-order valence-electron chi connectivity index (χ0n) is 13.2. The van der Waals surface area contributed by atoms with Crippen molar-refractivity contribution in [2.45, 2.75) is 17.8 Å². The first-order chi connectivity index (χ1) is 12.0. The van der Waals surface area contributed by atoms with Crippen molar-refractivity contribution >= 4 is 41.3 Å². The van der Waals surface area contributed by atoms with Gasteiger partial charge < -0.3 is 10.4 Å². The zero-order valence-corrected chi connectivity index (χ0v) is 14.8. The number of rotatable bonds is 6. The molecule has 2 aliphatic rings. The molecule has 130 valence electrons. The van der Waals surface area contributed by atoms with Crippen molar-refractivity contribution in [3.8, 4) is 0 Å². The smallest absolute Gasteiger partial charge is 0.353 e. The van der Waals surface area contributed by atoms with Crippen molar-refractivity contribution in [2.24, 2.45) is 0 Å². The van der Waals surface area contributed by atoms with Crippen LogP contribution in [0.3, 0.4) is 0 Å². The number of fused-ring (bicyclic) bond motifs is 1. The minimum Gasteiger partial charge on any atom is -0.477 e. The summed E-state index contributed by atoms with van der Waals surface area (Å²) < 4.78 is 0. The van der Waals surface area contributed by atoms with E-state index in [2.05, 4.69) is 11.9 Å². The van der Waals surface area contributed by atoms with E-state index < -0.39 is 17.9 Å². The van der Waals surface area contributed by atoms with E-state index in [1.165, 1.54) is 28.4 Å². The van der Waals surface area contributed by atoms with Gasteiger partial charge in [0.1, 0.15) is 17.1 Å². The third kappa shape index (κ3) is 3.45. The standard InChI is InChI=1S/C17H16N2O4S2/c1-2-24-11-9-25-16-13(15(21)19(16)14(11)17(22)23)18-12(20)8-10-6-4-3-5-7-10/h2-7,13,16H,1,8-9H2,(H,18,20)(H,22,23)/t13?,16-/m0/s1. The average molecular weight is 376 g/mol.